The maximum atomic E-state index is 6.05. The Morgan fingerprint density at radius 1 is 1.33 bits per heavy atom. The first-order valence-corrected chi connectivity index (χ1v) is 7.23. The minimum absolute atomic E-state index is 0.505. The van der Waals surface area contributed by atoms with Gasteiger partial charge in [0.2, 0.25) is 0 Å². The summed E-state index contributed by atoms with van der Waals surface area (Å²) in [5, 5.41) is 1.09. The van der Waals surface area contributed by atoms with E-state index >= 15 is 0 Å². The van der Waals surface area contributed by atoms with Gasteiger partial charge in [0.1, 0.15) is 22.7 Å². The summed E-state index contributed by atoms with van der Waals surface area (Å²) < 4.78 is 0. The van der Waals surface area contributed by atoms with Crippen molar-refractivity contribution in [3.8, 4) is 12.3 Å². The first kappa shape index (κ1) is 13.4. The van der Waals surface area contributed by atoms with Gasteiger partial charge >= 0.3 is 0 Å². The number of nitrogens with zero attached hydrogens (tertiary/aromatic N) is 2. The highest BCUT2D eigenvalue weighted by atomic mass is 15.0. The van der Waals surface area contributed by atoms with Crippen LogP contribution in [0.1, 0.15) is 31.2 Å². The number of fused-ring (bicyclic) bond motifs is 3. The van der Waals surface area contributed by atoms with Crippen molar-refractivity contribution in [2.75, 3.05) is 5.73 Å². The van der Waals surface area contributed by atoms with Gasteiger partial charge in [-0.05, 0) is 24.5 Å². The number of unbranched alkanes of at least 4 members (excludes halogenated alkanes) is 1. The molecule has 0 amide bonds. The zero-order chi connectivity index (χ0) is 14.8. The van der Waals surface area contributed by atoms with E-state index in [4.69, 9.17) is 17.1 Å². The third-order valence-electron chi connectivity index (χ3n) is 3.72. The predicted molar refractivity (Wildman–Crippen MR) is 87.0 cm³/mol. The standard InChI is InChI=1S/C17H18N4/c1-3-5-6-8-11-9-7-10-12-14(11)15-16(17(18)19-12)21-13(4-2)20-15/h1,7,9-10H,4-6,8H2,2H3,(H2,18,19)(H,20,21). The number of terminal acetylenes is 1. The Morgan fingerprint density at radius 3 is 2.95 bits per heavy atom. The van der Waals surface area contributed by atoms with E-state index in [-0.39, 0.29) is 0 Å². The highest BCUT2D eigenvalue weighted by Gasteiger charge is 2.13. The van der Waals surface area contributed by atoms with Crippen molar-refractivity contribution in [3.05, 3.63) is 29.6 Å². The smallest absolute Gasteiger partial charge is 0.150 e. The molecule has 4 nitrogen and oxygen atoms in total. The molecule has 4 heteroatoms. The average Bonchev–Trinajstić information content (AvgIpc) is 2.92. The Kier molecular flexibility index (Phi) is 3.49. The molecule has 3 rings (SSSR count). The van der Waals surface area contributed by atoms with E-state index < -0.39 is 0 Å². The van der Waals surface area contributed by atoms with Gasteiger partial charge in [-0.3, -0.25) is 0 Å². The maximum Gasteiger partial charge on any atom is 0.150 e. The predicted octanol–water partition coefficient (Wildman–Crippen LogP) is 3.21. The summed E-state index contributed by atoms with van der Waals surface area (Å²) in [6, 6.07) is 6.12. The van der Waals surface area contributed by atoms with Crippen LogP contribution in [-0.2, 0) is 12.8 Å². The monoisotopic (exact) mass is 278 g/mol. The number of H-pyrrole nitrogens is 1. The number of hydrogen-bond donors (Lipinski definition) is 2. The van der Waals surface area contributed by atoms with Crippen LogP contribution in [-0.4, -0.2) is 15.0 Å². The van der Waals surface area contributed by atoms with Crippen LogP contribution in [0.4, 0.5) is 5.82 Å². The zero-order valence-corrected chi connectivity index (χ0v) is 12.1. The first-order valence-electron chi connectivity index (χ1n) is 7.23. The number of nitrogens with two attached hydrogens (primary N) is 1. The summed E-state index contributed by atoms with van der Waals surface area (Å²) >= 11 is 0. The van der Waals surface area contributed by atoms with Gasteiger partial charge in [-0.25, -0.2) is 9.97 Å². The second-order valence-electron chi connectivity index (χ2n) is 5.13. The number of nitrogen functional groups attached to an aromatic ring is 1. The van der Waals surface area contributed by atoms with E-state index in [1.807, 2.05) is 12.1 Å². The highest BCUT2D eigenvalue weighted by molar-refractivity contribution is 6.07. The number of aryl methyl sites for hydroxylation is 2. The third kappa shape index (κ3) is 2.31. The summed E-state index contributed by atoms with van der Waals surface area (Å²) in [4.78, 5) is 12.5. The van der Waals surface area contributed by atoms with Crippen molar-refractivity contribution >= 4 is 27.8 Å². The molecule has 2 aromatic heterocycles. The Morgan fingerprint density at radius 2 is 2.19 bits per heavy atom. The highest BCUT2D eigenvalue weighted by Crippen LogP contribution is 2.29. The second-order valence-corrected chi connectivity index (χ2v) is 5.13. The molecular formula is C17H18N4. The fraction of sp³-hybridized carbons (Fsp3) is 0.294. The fourth-order valence-electron chi connectivity index (χ4n) is 2.68. The zero-order valence-electron chi connectivity index (χ0n) is 12.1. The van der Waals surface area contributed by atoms with Gasteiger partial charge in [0.15, 0.2) is 0 Å². The maximum absolute atomic E-state index is 6.05. The molecule has 3 N–H and O–H groups in total. The molecule has 0 saturated carbocycles. The van der Waals surface area contributed by atoms with Gasteiger partial charge in [-0.1, -0.05) is 19.1 Å². The molecule has 21 heavy (non-hydrogen) atoms. The van der Waals surface area contributed by atoms with E-state index in [2.05, 4.69) is 28.9 Å². The lowest BCUT2D eigenvalue weighted by atomic mass is 10.0. The van der Waals surface area contributed by atoms with E-state index in [1.165, 1.54) is 5.56 Å². The molecule has 0 fully saturated rings. The lowest BCUT2D eigenvalue weighted by Gasteiger charge is -2.07. The minimum atomic E-state index is 0.505. The van der Waals surface area contributed by atoms with Crippen LogP contribution in [0, 0.1) is 12.3 Å². The number of anilines is 1. The molecule has 0 saturated heterocycles. The number of aromatic nitrogens is 3. The quantitative estimate of drug-likeness (QED) is 0.569. The molecule has 3 aromatic rings. The molecular weight excluding hydrogens is 260 g/mol. The van der Waals surface area contributed by atoms with E-state index in [0.29, 0.717) is 5.82 Å². The lowest BCUT2D eigenvalue weighted by Crippen LogP contribution is -1.96. The van der Waals surface area contributed by atoms with Crippen molar-refractivity contribution in [1.29, 1.82) is 0 Å². The number of benzene rings is 1. The van der Waals surface area contributed by atoms with Crippen LogP contribution >= 0.6 is 0 Å². The fourth-order valence-corrected chi connectivity index (χ4v) is 2.68. The summed E-state index contributed by atoms with van der Waals surface area (Å²) in [6.07, 6.45) is 8.86. The largest absolute Gasteiger partial charge is 0.382 e. The van der Waals surface area contributed by atoms with Gasteiger partial charge in [0, 0.05) is 18.2 Å². The molecule has 0 aliphatic heterocycles. The molecule has 106 valence electrons. The SMILES string of the molecule is C#CCCCc1cccc2nc(N)c3[nH]c(CC)nc3c12. The second kappa shape index (κ2) is 5.45. The Labute approximate surface area is 123 Å². The number of rotatable bonds is 4. The Hall–Kier alpha value is -2.54. The van der Waals surface area contributed by atoms with E-state index in [9.17, 15) is 0 Å². The van der Waals surface area contributed by atoms with Crippen molar-refractivity contribution < 1.29 is 0 Å². The molecule has 2 heterocycles. The number of pyridine rings is 1. The van der Waals surface area contributed by atoms with Crippen LogP contribution in [0.2, 0.25) is 0 Å². The molecule has 0 bridgehead atoms. The third-order valence-corrected chi connectivity index (χ3v) is 3.72. The van der Waals surface area contributed by atoms with E-state index in [0.717, 1.165) is 53.4 Å². The summed E-state index contributed by atoms with van der Waals surface area (Å²) in [5.74, 6) is 4.13. The summed E-state index contributed by atoms with van der Waals surface area (Å²) in [7, 11) is 0. The molecule has 0 unspecified atom stereocenters. The van der Waals surface area contributed by atoms with Gasteiger partial charge in [-0.15, -0.1) is 12.3 Å². The summed E-state index contributed by atoms with van der Waals surface area (Å²) in [6.45, 7) is 2.07. The Bertz CT molecular complexity index is 839. The molecule has 0 atom stereocenters. The number of hydrogen-bond acceptors (Lipinski definition) is 3. The number of aromatic amines is 1. The van der Waals surface area contributed by atoms with Crippen molar-refractivity contribution in [1.82, 2.24) is 15.0 Å². The number of imidazole rings is 1. The van der Waals surface area contributed by atoms with Crippen LogP contribution in [0.15, 0.2) is 18.2 Å². The normalized spacial score (nSPS) is 11.0. The van der Waals surface area contributed by atoms with Crippen LogP contribution in [0.5, 0.6) is 0 Å². The van der Waals surface area contributed by atoms with Crippen LogP contribution in [0.3, 0.4) is 0 Å². The molecule has 0 spiro atoms. The lowest BCUT2D eigenvalue weighted by molar-refractivity contribution is 0.864. The Balaban J connectivity index is 2.24. The van der Waals surface area contributed by atoms with E-state index in [1.54, 1.807) is 0 Å². The molecule has 0 radical (unpaired) electrons. The summed E-state index contributed by atoms with van der Waals surface area (Å²) in [5.41, 5.74) is 9.94. The number of nitrogens with one attached hydrogen (secondary N) is 1. The van der Waals surface area contributed by atoms with Gasteiger partial charge in [0.05, 0.1) is 5.52 Å². The topological polar surface area (TPSA) is 67.6 Å². The molecule has 0 aliphatic rings. The van der Waals surface area contributed by atoms with Crippen LogP contribution in [0.25, 0.3) is 21.9 Å². The van der Waals surface area contributed by atoms with Gasteiger partial charge in [0.25, 0.3) is 0 Å². The first-order chi connectivity index (χ1) is 10.2. The molecule has 0 aliphatic carbocycles. The minimum Gasteiger partial charge on any atom is -0.382 e. The van der Waals surface area contributed by atoms with Crippen molar-refractivity contribution in [2.24, 2.45) is 0 Å². The van der Waals surface area contributed by atoms with Crippen LogP contribution < -0.4 is 5.73 Å². The van der Waals surface area contributed by atoms with Gasteiger partial charge in [-0.2, -0.15) is 0 Å². The average molecular weight is 278 g/mol. The van der Waals surface area contributed by atoms with Crippen molar-refractivity contribution in [3.63, 3.8) is 0 Å². The molecule has 1 aromatic carbocycles. The van der Waals surface area contributed by atoms with Crippen molar-refractivity contribution in [2.45, 2.75) is 32.6 Å². The van der Waals surface area contributed by atoms with Gasteiger partial charge < -0.3 is 10.7 Å².